The highest BCUT2D eigenvalue weighted by molar-refractivity contribution is 6.30. The summed E-state index contributed by atoms with van der Waals surface area (Å²) in [5.41, 5.74) is 3.32. The molecule has 0 fully saturated rings. The van der Waals surface area contributed by atoms with Crippen LogP contribution in [0.4, 0.5) is 0 Å². The summed E-state index contributed by atoms with van der Waals surface area (Å²) in [4.78, 5) is 0. The molecule has 2 aromatic carbocycles. The topological polar surface area (TPSA) is 32.3 Å². The molecular weight excluding hydrogens is 246 g/mol. The summed E-state index contributed by atoms with van der Waals surface area (Å²) in [5, 5.41) is 13.1. The Labute approximate surface area is 112 Å². The van der Waals surface area contributed by atoms with Crippen molar-refractivity contribution < 1.29 is 5.11 Å². The lowest BCUT2D eigenvalue weighted by atomic mass is 10.1. The lowest BCUT2D eigenvalue weighted by Gasteiger charge is -2.06. The fraction of sp³-hybridized carbons (Fsp3) is 0.200. The molecule has 3 heteroatoms. The summed E-state index contributed by atoms with van der Waals surface area (Å²) in [6, 6.07) is 15.8. The van der Waals surface area contributed by atoms with Crippen molar-refractivity contribution in [1.82, 2.24) is 5.32 Å². The highest BCUT2D eigenvalue weighted by Crippen LogP contribution is 2.10. The van der Waals surface area contributed by atoms with E-state index in [4.69, 9.17) is 16.7 Å². The lowest BCUT2D eigenvalue weighted by Crippen LogP contribution is -2.12. The van der Waals surface area contributed by atoms with Crippen LogP contribution < -0.4 is 5.32 Å². The van der Waals surface area contributed by atoms with Crippen molar-refractivity contribution in [2.75, 3.05) is 0 Å². The molecule has 0 bridgehead atoms. The van der Waals surface area contributed by atoms with Crippen LogP contribution in [0.2, 0.25) is 5.02 Å². The molecule has 0 saturated heterocycles. The van der Waals surface area contributed by atoms with E-state index in [9.17, 15) is 0 Å². The van der Waals surface area contributed by atoms with Crippen molar-refractivity contribution in [2.24, 2.45) is 0 Å². The fourth-order valence-corrected chi connectivity index (χ4v) is 1.97. The third kappa shape index (κ3) is 3.84. The summed E-state index contributed by atoms with van der Waals surface area (Å²) < 4.78 is 0. The first kappa shape index (κ1) is 13.1. The minimum Gasteiger partial charge on any atom is -0.392 e. The number of aliphatic hydroxyl groups is 1. The number of benzene rings is 2. The Balaban J connectivity index is 1.84. The number of hydrogen-bond acceptors (Lipinski definition) is 2. The van der Waals surface area contributed by atoms with Gasteiger partial charge in [-0.2, -0.15) is 0 Å². The van der Waals surface area contributed by atoms with Gasteiger partial charge in [-0.3, -0.25) is 0 Å². The SMILES string of the molecule is OCc1ccc(CNCc2cccc(Cl)c2)cc1. The summed E-state index contributed by atoms with van der Waals surface area (Å²) in [7, 11) is 0. The van der Waals surface area contributed by atoms with Crippen LogP contribution in [-0.4, -0.2) is 5.11 Å². The zero-order valence-electron chi connectivity index (χ0n) is 10.1. The van der Waals surface area contributed by atoms with Gasteiger partial charge in [-0.05, 0) is 28.8 Å². The molecule has 0 atom stereocenters. The van der Waals surface area contributed by atoms with E-state index in [0.29, 0.717) is 0 Å². The van der Waals surface area contributed by atoms with Gasteiger partial charge in [-0.15, -0.1) is 0 Å². The van der Waals surface area contributed by atoms with Crippen LogP contribution in [0.5, 0.6) is 0 Å². The molecule has 0 spiro atoms. The van der Waals surface area contributed by atoms with Crippen LogP contribution >= 0.6 is 11.6 Å². The normalized spacial score (nSPS) is 10.6. The zero-order valence-corrected chi connectivity index (χ0v) is 10.8. The molecule has 94 valence electrons. The first-order valence-electron chi connectivity index (χ1n) is 5.92. The van der Waals surface area contributed by atoms with E-state index in [2.05, 4.69) is 5.32 Å². The maximum Gasteiger partial charge on any atom is 0.0681 e. The number of rotatable bonds is 5. The van der Waals surface area contributed by atoms with E-state index in [1.165, 1.54) is 11.1 Å². The van der Waals surface area contributed by atoms with E-state index >= 15 is 0 Å². The third-order valence-corrected chi connectivity index (χ3v) is 2.99. The molecule has 0 radical (unpaired) electrons. The van der Waals surface area contributed by atoms with Gasteiger partial charge in [0.05, 0.1) is 6.61 Å². The molecular formula is C15H16ClNO. The van der Waals surface area contributed by atoms with E-state index in [-0.39, 0.29) is 6.61 Å². The molecule has 0 aliphatic carbocycles. The highest BCUT2D eigenvalue weighted by Gasteiger charge is 1.96. The summed E-state index contributed by atoms with van der Waals surface area (Å²) in [6.45, 7) is 1.69. The minimum absolute atomic E-state index is 0.0935. The van der Waals surface area contributed by atoms with E-state index < -0.39 is 0 Å². The van der Waals surface area contributed by atoms with E-state index in [1.54, 1.807) is 0 Å². The second-order valence-corrected chi connectivity index (χ2v) is 4.64. The predicted molar refractivity (Wildman–Crippen MR) is 74.4 cm³/mol. The second-order valence-electron chi connectivity index (χ2n) is 4.21. The van der Waals surface area contributed by atoms with Crippen LogP contribution in [0.3, 0.4) is 0 Å². The standard InChI is InChI=1S/C15H16ClNO/c16-15-3-1-2-14(8-15)10-17-9-12-4-6-13(11-18)7-5-12/h1-8,17-18H,9-11H2. The van der Waals surface area contributed by atoms with Gasteiger partial charge < -0.3 is 10.4 Å². The Kier molecular flexibility index (Phi) is 4.76. The predicted octanol–water partition coefficient (Wildman–Crippen LogP) is 3.12. The average molecular weight is 262 g/mol. The molecule has 0 aliphatic rings. The van der Waals surface area contributed by atoms with Crippen molar-refractivity contribution in [1.29, 1.82) is 0 Å². The average Bonchev–Trinajstić information content (AvgIpc) is 2.40. The van der Waals surface area contributed by atoms with Crippen molar-refractivity contribution >= 4 is 11.6 Å². The molecule has 0 amide bonds. The molecule has 2 rings (SSSR count). The maximum atomic E-state index is 8.95. The largest absolute Gasteiger partial charge is 0.392 e. The van der Waals surface area contributed by atoms with Gasteiger partial charge in [0, 0.05) is 18.1 Å². The molecule has 0 aromatic heterocycles. The molecule has 18 heavy (non-hydrogen) atoms. The Morgan fingerprint density at radius 2 is 1.56 bits per heavy atom. The van der Waals surface area contributed by atoms with Gasteiger partial charge >= 0.3 is 0 Å². The molecule has 0 aliphatic heterocycles. The maximum absolute atomic E-state index is 8.95. The Hall–Kier alpha value is -1.35. The van der Waals surface area contributed by atoms with Gasteiger partial charge in [-0.1, -0.05) is 48.0 Å². The highest BCUT2D eigenvalue weighted by atomic mass is 35.5. The smallest absolute Gasteiger partial charge is 0.0681 e. The van der Waals surface area contributed by atoms with Gasteiger partial charge in [0.2, 0.25) is 0 Å². The second kappa shape index (κ2) is 6.55. The molecule has 2 N–H and O–H groups in total. The quantitative estimate of drug-likeness (QED) is 0.867. The molecule has 0 unspecified atom stereocenters. The van der Waals surface area contributed by atoms with Crippen LogP contribution in [0.15, 0.2) is 48.5 Å². The Morgan fingerprint density at radius 3 is 2.22 bits per heavy atom. The number of hydrogen-bond donors (Lipinski definition) is 2. The van der Waals surface area contributed by atoms with Crippen molar-refractivity contribution in [3.63, 3.8) is 0 Å². The first-order chi connectivity index (χ1) is 8.78. The monoisotopic (exact) mass is 261 g/mol. The van der Waals surface area contributed by atoms with Gasteiger partial charge in [0.25, 0.3) is 0 Å². The van der Waals surface area contributed by atoms with Gasteiger partial charge in [0.1, 0.15) is 0 Å². The van der Waals surface area contributed by atoms with Crippen LogP contribution in [-0.2, 0) is 19.7 Å². The van der Waals surface area contributed by atoms with Crippen LogP contribution in [0, 0.1) is 0 Å². The van der Waals surface area contributed by atoms with Crippen molar-refractivity contribution in [3.05, 3.63) is 70.2 Å². The Bertz CT molecular complexity index is 496. The van der Waals surface area contributed by atoms with Crippen LogP contribution in [0.25, 0.3) is 0 Å². The number of halogens is 1. The zero-order chi connectivity index (χ0) is 12.8. The molecule has 0 heterocycles. The fourth-order valence-electron chi connectivity index (χ4n) is 1.76. The van der Waals surface area contributed by atoms with E-state index in [0.717, 1.165) is 23.7 Å². The summed E-state index contributed by atoms with van der Waals surface area (Å²) >= 11 is 5.92. The molecule has 2 aromatic rings. The van der Waals surface area contributed by atoms with E-state index in [1.807, 2.05) is 48.5 Å². The number of nitrogens with one attached hydrogen (secondary N) is 1. The van der Waals surface area contributed by atoms with Crippen molar-refractivity contribution in [3.8, 4) is 0 Å². The van der Waals surface area contributed by atoms with Crippen molar-refractivity contribution in [2.45, 2.75) is 19.7 Å². The first-order valence-corrected chi connectivity index (χ1v) is 6.29. The third-order valence-electron chi connectivity index (χ3n) is 2.75. The lowest BCUT2D eigenvalue weighted by molar-refractivity contribution is 0.282. The summed E-state index contributed by atoms with van der Waals surface area (Å²) in [6.07, 6.45) is 0. The van der Waals surface area contributed by atoms with Gasteiger partial charge in [0.15, 0.2) is 0 Å². The minimum atomic E-state index is 0.0935. The Morgan fingerprint density at radius 1 is 0.889 bits per heavy atom. The van der Waals surface area contributed by atoms with Gasteiger partial charge in [-0.25, -0.2) is 0 Å². The van der Waals surface area contributed by atoms with Crippen LogP contribution in [0.1, 0.15) is 16.7 Å². The summed E-state index contributed by atoms with van der Waals surface area (Å²) in [5.74, 6) is 0. The molecule has 0 saturated carbocycles. The molecule has 2 nitrogen and oxygen atoms in total. The number of aliphatic hydroxyl groups excluding tert-OH is 1.